The minimum atomic E-state index is -4.85. The minimum absolute atomic E-state index is 0.201. The van der Waals surface area contributed by atoms with E-state index in [1.165, 1.54) is 0 Å². The molecule has 1 heterocycles. The topological polar surface area (TPSA) is 63.3 Å². The van der Waals surface area contributed by atoms with Crippen LogP contribution in [0.1, 0.15) is 39.2 Å². The van der Waals surface area contributed by atoms with E-state index in [2.05, 4.69) is 4.98 Å². The van der Waals surface area contributed by atoms with Crippen molar-refractivity contribution in [1.29, 1.82) is 0 Å². The second-order valence-corrected chi connectivity index (χ2v) is 4.49. The summed E-state index contributed by atoms with van der Waals surface area (Å²) < 4.78 is 43.0. The molecular weight excluding hydrogens is 275 g/mol. The molecule has 0 amide bonds. The number of alkyl halides is 3. The maximum atomic E-state index is 12.7. The summed E-state index contributed by atoms with van der Waals surface area (Å²) >= 11 is 0. The lowest BCUT2D eigenvalue weighted by Crippen LogP contribution is -2.18. The van der Waals surface area contributed by atoms with Gasteiger partial charge in [0.2, 0.25) is 11.7 Å². The largest absolute Gasteiger partial charge is 0.475 e. The molecule has 1 aliphatic carbocycles. The van der Waals surface area contributed by atoms with Gasteiger partial charge in [-0.15, -0.1) is 0 Å². The summed E-state index contributed by atoms with van der Waals surface area (Å²) in [7, 11) is 0. The van der Waals surface area contributed by atoms with Crippen molar-refractivity contribution in [3.8, 4) is 0 Å². The molecule has 0 saturated carbocycles. The third kappa shape index (κ3) is 1.86. The van der Waals surface area contributed by atoms with Crippen molar-refractivity contribution in [2.24, 2.45) is 0 Å². The van der Waals surface area contributed by atoms with Gasteiger partial charge in [0.25, 0.3) is 0 Å². The molecule has 4 nitrogen and oxygen atoms in total. The zero-order chi connectivity index (χ0) is 14.5. The molecule has 20 heavy (non-hydrogen) atoms. The van der Waals surface area contributed by atoms with Crippen LogP contribution < -0.4 is 0 Å². The Hall–Kier alpha value is -2.31. The SMILES string of the molecule is O=C(O)c1oc(C2Cc3ccccc32)nc1C(F)(F)F. The summed E-state index contributed by atoms with van der Waals surface area (Å²) in [6.45, 7) is 0. The fourth-order valence-electron chi connectivity index (χ4n) is 2.30. The van der Waals surface area contributed by atoms with E-state index in [-0.39, 0.29) is 5.89 Å². The zero-order valence-corrected chi connectivity index (χ0v) is 9.94. The monoisotopic (exact) mass is 283 g/mol. The average Bonchev–Trinajstić information content (AvgIpc) is 2.75. The lowest BCUT2D eigenvalue weighted by atomic mass is 9.77. The van der Waals surface area contributed by atoms with Crippen LogP contribution in [-0.2, 0) is 12.6 Å². The first-order valence-electron chi connectivity index (χ1n) is 5.77. The highest BCUT2D eigenvalue weighted by atomic mass is 19.4. The fourth-order valence-corrected chi connectivity index (χ4v) is 2.30. The third-order valence-corrected chi connectivity index (χ3v) is 3.26. The maximum absolute atomic E-state index is 12.7. The molecule has 1 unspecified atom stereocenters. The van der Waals surface area contributed by atoms with Gasteiger partial charge in [0.1, 0.15) is 0 Å². The number of carboxylic acids is 1. The Kier molecular flexibility index (Phi) is 2.60. The Morgan fingerprint density at radius 3 is 2.60 bits per heavy atom. The van der Waals surface area contributed by atoms with Crippen LogP contribution in [0.2, 0.25) is 0 Å². The standard InChI is InChI=1S/C13H8F3NO3/c14-13(15,16)10-9(12(18)19)20-11(17-10)8-5-6-3-1-2-4-7(6)8/h1-4,8H,5H2,(H,18,19). The van der Waals surface area contributed by atoms with E-state index < -0.39 is 29.5 Å². The van der Waals surface area contributed by atoms with Gasteiger partial charge in [-0.1, -0.05) is 24.3 Å². The second kappa shape index (κ2) is 4.09. The number of aromatic carboxylic acids is 1. The predicted molar refractivity (Wildman–Crippen MR) is 60.5 cm³/mol. The molecule has 1 N–H and O–H groups in total. The van der Waals surface area contributed by atoms with Gasteiger partial charge in [-0.3, -0.25) is 0 Å². The molecule has 0 fully saturated rings. The number of halogens is 3. The van der Waals surface area contributed by atoms with E-state index in [0.29, 0.717) is 6.42 Å². The summed E-state index contributed by atoms with van der Waals surface area (Å²) in [6.07, 6.45) is -4.36. The van der Waals surface area contributed by atoms with Crippen LogP contribution in [0.5, 0.6) is 0 Å². The summed E-state index contributed by atoms with van der Waals surface area (Å²) in [5, 5.41) is 8.78. The first-order chi connectivity index (χ1) is 9.38. The fraction of sp³-hybridized carbons (Fsp3) is 0.231. The van der Waals surface area contributed by atoms with Crippen LogP contribution in [0.3, 0.4) is 0 Å². The molecule has 0 radical (unpaired) electrons. The molecule has 0 saturated heterocycles. The van der Waals surface area contributed by atoms with Gasteiger partial charge in [-0.05, 0) is 17.5 Å². The molecule has 0 aliphatic heterocycles. The molecule has 0 bridgehead atoms. The van der Waals surface area contributed by atoms with E-state index in [1.807, 2.05) is 12.1 Å². The van der Waals surface area contributed by atoms with Gasteiger partial charge in [0.05, 0.1) is 5.92 Å². The Labute approximate surface area is 110 Å². The van der Waals surface area contributed by atoms with Crippen LogP contribution >= 0.6 is 0 Å². The van der Waals surface area contributed by atoms with Crippen molar-refractivity contribution >= 4 is 5.97 Å². The number of rotatable bonds is 2. The Morgan fingerprint density at radius 2 is 2.05 bits per heavy atom. The van der Waals surface area contributed by atoms with E-state index in [1.54, 1.807) is 12.1 Å². The van der Waals surface area contributed by atoms with Gasteiger partial charge < -0.3 is 9.52 Å². The van der Waals surface area contributed by atoms with E-state index >= 15 is 0 Å². The molecule has 1 atom stereocenters. The number of oxazole rings is 1. The first kappa shape index (κ1) is 12.7. The molecule has 1 aliphatic rings. The van der Waals surface area contributed by atoms with Crippen molar-refractivity contribution < 1.29 is 27.5 Å². The maximum Gasteiger partial charge on any atom is 0.437 e. The zero-order valence-electron chi connectivity index (χ0n) is 9.94. The molecular formula is C13H8F3NO3. The molecule has 1 aromatic heterocycles. The quantitative estimate of drug-likeness (QED) is 0.920. The lowest BCUT2D eigenvalue weighted by molar-refractivity contribution is -0.141. The number of fused-ring (bicyclic) bond motifs is 1. The van der Waals surface area contributed by atoms with Crippen LogP contribution in [0, 0.1) is 0 Å². The van der Waals surface area contributed by atoms with Crippen molar-refractivity contribution in [2.45, 2.75) is 18.5 Å². The predicted octanol–water partition coefficient (Wildman–Crippen LogP) is 3.08. The van der Waals surface area contributed by atoms with E-state index in [9.17, 15) is 18.0 Å². The van der Waals surface area contributed by atoms with Crippen LogP contribution in [0.4, 0.5) is 13.2 Å². The van der Waals surface area contributed by atoms with Gasteiger partial charge in [-0.25, -0.2) is 9.78 Å². The number of carboxylic acid groups (broad SMARTS) is 1. The van der Waals surface area contributed by atoms with Gasteiger partial charge in [0, 0.05) is 0 Å². The Bertz CT molecular complexity index is 690. The highest BCUT2D eigenvalue weighted by Gasteiger charge is 2.43. The molecule has 1 aromatic carbocycles. The third-order valence-electron chi connectivity index (χ3n) is 3.26. The highest BCUT2D eigenvalue weighted by Crippen LogP contribution is 2.41. The number of aromatic nitrogens is 1. The number of nitrogens with zero attached hydrogens (tertiary/aromatic N) is 1. The van der Waals surface area contributed by atoms with Crippen molar-refractivity contribution in [3.63, 3.8) is 0 Å². The number of carbonyl (C=O) groups is 1. The summed E-state index contributed by atoms with van der Waals surface area (Å²) in [5.41, 5.74) is 0.338. The molecule has 2 aromatic rings. The summed E-state index contributed by atoms with van der Waals surface area (Å²) in [6, 6.07) is 7.21. The molecule has 0 spiro atoms. The minimum Gasteiger partial charge on any atom is -0.475 e. The van der Waals surface area contributed by atoms with Crippen molar-refractivity contribution in [3.05, 3.63) is 52.7 Å². The van der Waals surface area contributed by atoms with Gasteiger partial charge in [0.15, 0.2) is 5.69 Å². The number of hydrogen-bond acceptors (Lipinski definition) is 3. The van der Waals surface area contributed by atoms with E-state index in [4.69, 9.17) is 9.52 Å². The van der Waals surface area contributed by atoms with Crippen molar-refractivity contribution in [2.75, 3.05) is 0 Å². The first-order valence-corrected chi connectivity index (χ1v) is 5.77. The van der Waals surface area contributed by atoms with Crippen LogP contribution in [0.25, 0.3) is 0 Å². The Balaban J connectivity index is 2.03. The lowest BCUT2D eigenvalue weighted by Gasteiger charge is -2.27. The highest BCUT2D eigenvalue weighted by molar-refractivity contribution is 5.85. The van der Waals surface area contributed by atoms with Gasteiger partial charge >= 0.3 is 12.1 Å². The van der Waals surface area contributed by atoms with Crippen LogP contribution in [-0.4, -0.2) is 16.1 Å². The molecule has 3 rings (SSSR count). The van der Waals surface area contributed by atoms with Crippen molar-refractivity contribution in [1.82, 2.24) is 4.98 Å². The number of hydrogen-bond donors (Lipinski definition) is 1. The second-order valence-electron chi connectivity index (χ2n) is 4.49. The van der Waals surface area contributed by atoms with Gasteiger partial charge in [-0.2, -0.15) is 13.2 Å². The van der Waals surface area contributed by atoms with Crippen LogP contribution in [0.15, 0.2) is 28.7 Å². The average molecular weight is 283 g/mol. The Morgan fingerprint density at radius 1 is 1.35 bits per heavy atom. The summed E-state index contributed by atoms with van der Waals surface area (Å²) in [4.78, 5) is 14.2. The summed E-state index contributed by atoms with van der Waals surface area (Å²) in [5.74, 6) is -3.55. The smallest absolute Gasteiger partial charge is 0.437 e. The normalized spacial score (nSPS) is 17.4. The molecule has 104 valence electrons. The number of benzene rings is 1. The van der Waals surface area contributed by atoms with E-state index in [0.717, 1.165) is 11.1 Å². The molecule has 7 heteroatoms.